The molecule has 0 unspecified atom stereocenters. The van der Waals surface area contributed by atoms with Crippen LogP contribution in [0.4, 0.5) is 0 Å². The largest absolute Gasteiger partial charge is 0.334 e. The molecule has 0 spiro atoms. The Morgan fingerprint density at radius 2 is 2.00 bits per heavy atom. The van der Waals surface area contributed by atoms with E-state index in [0.717, 1.165) is 18.7 Å². The molecular formula is C11H20N2O2S. The standard InChI is InChI=1S/C11H20N2O2S/c1-3-5-11-12-6-7-13(11)8-10-16(14,15)9-4-2/h6-7H,3-5,8-10H2,1-2H3. The molecule has 0 aliphatic carbocycles. The van der Waals surface area contributed by atoms with Crippen molar-refractivity contribution in [2.24, 2.45) is 0 Å². The van der Waals surface area contributed by atoms with Crippen molar-refractivity contribution >= 4 is 9.84 Å². The van der Waals surface area contributed by atoms with Gasteiger partial charge >= 0.3 is 0 Å². The summed E-state index contributed by atoms with van der Waals surface area (Å²) in [5.74, 6) is 1.48. The van der Waals surface area contributed by atoms with Crippen LogP contribution in [0.2, 0.25) is 0 Å². The SMILES string of the molecule is CCCc1nccn1CCS(=O)(=O)CCC. The van der Waals surface area contributed by atoms with Crippen LogP contribution >= 0.6 is 0 Å². The summed E-state index contributed by atoms with van der Waals surface area (Å²) < 4.78 is 25.1. The van der Waals surface area contributed by atoms with Crippen LogP contribution in [0, 0.1) is 0 Å². The highest BCUT2D eigenvalue weighted by Gasteiger charge is 2.10. The van der Waals surface area contributed by atoms with Gasteiger partial charge in [-0.05, 0) is 12.8 Å². The van der Waals surface area contributed by atoms with Crippen LogP contribution in [0.15, 0.2) is 12.4 Å². The Morgan fingerprint density at radius 3 is 2.62 bits per heavy atom. The molecule has 1 aromatic rings. The molecule has 0 radical (unpaired) electrons. The van der Waals surface area contributed by atoms with Crippen molar-refractivity contribution in [1.29, 1.82) is 0 Å². The molecule has 0 atom stereocenters. The van der Waals surface area contributed by atoms with Gasteiger partial charge in [0, 0.05) is 31.1 Å². The van der Waals surface area contributed by atoms with Gasteiger partial charge in [-0.3, -0.25) is 0 Å². The Labute approximate surface area is 97.6 Å². The lowest BCUT2D eigenvalue weighted by atomic mass is 10.3. The number of sulfone groups is 1. The van der Waals surface area contributed by atoms with Gasteiger partial charge in [-0.2, -0.15) is 0 Å². The quantitative estimate of drug-likeness (QED) is 0.733. The summed E-state index contributed by atoms with van der Waals surface area (Å²) in [7, 11) is -2.89. The van der Waals surface area contributed by atoms with Crippen LogP contribution in [0.5, 0.6) is 0 Å². The minimum absolute atomic E-state index is 0.216. The summed E-state index contributed by atoms with van der Waals surface area (Å²) in [6.45, 7) is 4.50. The number of rotatable bonds is 7. The van der Waals surface area contributed by atoms with Crippen LogP contribution < -0.4 is 0 Å². The average molecular weight is 244 g/mol. The first-order chi connectivity index (χ1) is 7.59. The fraction of sp³-hybridized carbons (Fsp3) is 0.727. The van der Waals surface area contributed by atoms with Gasteiger partial charge < -0.3 is 4.57 Å². The van der Waals surface area contributed by atoms with Crippen LogP contribution in [-0.2, 0) is 22.8 Å². The predicted molar refractivity (Wildman–Crippen MR) is 65.2 cm³/mol. The third-order valence-electron chi connectivity index (χ3n) is 2.43. The van der Waals surface area contributed by atoms with Gasteiger partial charge in [0.15, 0.2) is 9.84 Å². The molecule has 0 saturated heterocycles. The number of hydrogen-bond acceptors (Lipinski definition) is 3. The smallest absolute Gasteiger partial charge is 0.152 e. The summed E-state index contributed by atoms with van der Waals surface area (Å²) >= 11 is 0. The van der Waals surface area contributed by atoms with Crippen molar-refractivity contribution in [2.45, 2.75) is 39.7 Å². The molecule has 1 aromatic heterocycles. The minimum Gasteiger partial charge on any atom is -0.334 e. The first-order valence-corrected chi connectivity index (χ1v) is 7.61. The topological polar surface area (TPSA) is 52.0 Å². The molecule has 5 heteroatoms. The first kappa shape index (κ1) is 13.2. The number of hydrogen-bond donors (Lipinski definition) is 0. The second kappa shape index (κ2) is 6.03. The van der Waals surface area contributed by atoms with Gasteiger partial charge in [-0.25, -0.2) is 13.4 Å². The monoisotopic (exact) mass is 244 g/mol. The highest BCUT2D eigenvalue weighted by atomic mass is 32.2. The number of aromatic nitrogens is 2. The Morgan fingerprint density at radius 1 is 1.25 bits per heavy atom. The zero-order valence-corrected chi connectivity index (χ0v) is 10.8. The molecule has 0 saturated carbocycles. The Bertz CT molecular complexity index is 409. The zero-order valence-electron chi connectivity index (χ0n) is 10.0. The van der Waals surface area contributed by atoms with Gasteiger partial charge in [0.2, 0.25) is 0 Å². The predicted octanol–water partition coefficient (Wildman–Crippen LogP) is 1.66. The van der Waals surface area contributed by atoms with Crippen molar-refractivity contribution in [3.63, 3.8) is 0 Å². The van der Waals surface area contributed by atoms with Crippen LogP contribution in [0.25, 0.3) is 0 Å². The fourth-order valence-electron chi connectivity index (χ4n) is 1.65. The minimum atomic E-state index is -2.89. The van der Waals surface area contributed by atoms with Crippen LogP contribution in [-0.4, -0.2) is 29.5 Å². The van der Waals surface area contributed by atoms with E-state index in [2.05, 4.69) is 11.9 Å². The lowest BCUT2D eigenvalue weighted by Crippen LogP contribution is -2.16. The zero-order chi connectivity index (χ0) is 12.0. The molecule has 1 rings (SSSR count). The van der Waals surface area contributed by atoms with E-state index in [1.807, 2.05) is 17.7 Å². The van der Waals surface area contributed by atoms with Gasteiger partial charge in [0.1, 0.15) is 5.82 Å². The highest BCUT2D eigenvalue weighted by molar-refractivity contribution is 7.91. The average Bonchev–Trinajstić information content (AvgIpc) is 2.63. The van der Waals surface area contributed by atoms with Gasteiger partial charge in [0.05, 0.1) is 5.75 Å². The lowest BCUT2D eigenvalue weighted by Gasteiger charge is -2.07. The van der Waals surface area contributed by atoms with E-state index in [0.29, 0.717) is 13.0 Å². The molecule has 0 amide bonds. The maximum absolute atomic E-state index is 11.6. The van der Waals surface area contributed by atoms with E-state index >= 15 is 0 Å². The third-order valence-corrected chi connectivity index (χ3v) is 4.27. The van der Waals surface area contributed by atoms with Crippen molar-refractivity contribution < 1.29 is 8.42 Å². The van der Waals surface area contributed by atoms with E-state index < -0.39 is 9.84 Å². The summed E-state index contributed by atoms with van der Waals surface area (Å²) in [6, 6.07) is 0. The molecule has 16 heavy (non-hydrogen) atoms. The van der Waals surface area contributed by atoms with Crippen molar-refractivity contribution in [2.75, 3.05) is 11.5 Å². The number of imidazole rings is 1. The first-order valence-electron chi connectivity index (χ1n) is 5.79. The normalized spacial score (nSPS) is 11.9. The summed E-state index contributed by atoms with van der Waals surface area (Å²) in [4.78, 5) is 4.22. The summed E-state index contributed by atoms with van der Waals surface area (Å²) in [6.07, 6.45) is 6.21. The van der Waals surface area contributed by atoms with E-state index in [1.54, 1.807) is 6.20 Å². The molecule has 0 aliphatic heterocycles. The molecule has 1 heterocycles. The van der Waals surface area contributed by atoms with Crippen molar-refractivity contribution in [3.05, 3.63) is 18.2 Å². The molecule has 0 N–H and O–H groups in total. The second-order valence-electron chi connectivity index (χ2n) is 3.94. The highest BCUT2D eigenvalue weighted by Crippen LogP contribution is 2.03. The lowest BCUT2D eigenvalue weighted by molar-refractivity contribution is 0.584. The number of nitrogens with zero attached hydrogens (tertiary/aromatic N) is 2. The number of aryl methyl sites for hydroxylation is 2. The van der Waals surface area contributed by atoms with Crippen LogP contribution in [0.3, 0.4) is 0 Å². The molecule has 0 fully saturated rings. The Balaban J connectivity index is 2.57. The molecule has 0 aliphatic rings. The van der Waals surface area contributed by atoms with E-state index in [-0.39, 0.29) is 11.5 Å². The van der Waals surface area contributed by atoms with Gasteiger partial charge in [-0.15, -0.1) is 0 Å². The summed E-state index contributed by atoms with van der Waals surface area (Å²) in [5, 5.41) is 0. The molecule has 0 aromatic carbocycles. The van der Waals surface area contributed by atoms with Crippen LogP contribution in [0.1, 0.15) is 32.5 Å². The Kier molecular flexibility index (Phi) is 4.99. The maximum Gasteiger partial charge on any atom is 0.152 e. The van der Waals surface area contributed by atoms with E-state index in [1.165, 1.54) is 0 Å². The fourth-order valence-corrected chi connectivity index (χ4v) is 2.95. The maximum atomic E-state index is 11.6. The van der Waals surface area contributed by atoms with E-state index in [9.17, 15) is 8.42 Å². The third kappa shape index (κ3) is 3.96. The van der Waals surface area contributed by atoms with Gasteiger partial charge in [0.25, 0.3) is 0 Å². The molecule has 92 valence electrons. The molecule has 4 nitrogen and oxygen atoms in total. The van der Waals surface area contributed by atoms with Gasteiger partial charge in [-0.1, -0.05) is 13.8 Å². The second-order valence-corrected chi connectivity index (χ2v) is 6.24. The van der Waals surface area contributed by atoms with E-state index in [4.69, 9.17) is 0 Å². The molecular weight excluding hydrogens is 224 g/mol. The Hall–Kier alpha value is -0.840. The molecule has 0 bridgehead atoms. The summed E-state index contributed by atoms with van der Waals surface area (Å²) in [5.41, 5.74) is 0. The van der Waals surface area contributed by atoms with Crippen molar-refractivity contribution in [1.82, 2.24) is 9.55 Å². The van der Waals surface area contributed by atoms with Crippen molar-refractivity contribution in [3.8, 4) is 0 Å².